The van der Waals surface area contributed by atoms with Crippen LogP contribution in [-0.4, -0.2) is 27.7 Å². The molecule has 0 saturated heterocycles. The van der Waals surface area contributed by atoms with Crippen LogP contribution in [0.2, 0.25) is 0 Å². The van der Waals surface area contributed by atoms with Gasteiger partial charge in [-0.3, -0.25) is 4.79 Å². The number of rotatable bonds is 4. The Morgan fingerprint density at radius 2 is 1.73 bits per heavy atom. The fourth-order valence-corrected chi connectivity index (χ4v) is 8.74. The van der Waals surface area contributed by atoms with Gasteiger partial charge in [-0.25, -0.2) is 0 Å². The van der Waals surface area contributed by atoms with Gasteiger partial charge in [0.25, 0.3) is 0 Å². The van der Waals surface area contributed by atoms with Crippen molar-refractivity contribution in [1.29, 1.82) is 0 Å². The summed E-state index contributed by atoms with van der Waals surface area (Å²) in [5, 5.41) is 21.3. The van der Waals surface area contributed by atoms with Crippen molar-refractivity contribution >= 4 is 5.78 Å². The number of carbonyl (C=O) groups excluding carboxylic acids is 1. The van der Waals surface area contributed by atoms with Gasteiger partial charge < -0.3 is 10.2 Å². The highest BCUT2D eigenvalue weighted by atomic mass is 16.3. The first kappa shape index (κ1) is 22.5. The van der Waals surface area contributed by atoms with Crippen LogP contribution < -0.4 is 0 Å². The first-order valence-electron chi connectivity index (χ1n) is 12.6. The van der Waals surface area contributed by atoms with Gasteiger partial charge in [0.2, 0.25) is 0 Å². The van der Waals surface area contributed by atoms with Crippen molar-refractivity contribution in [3.05, 3.63) is 12.2 Å². The van der Waals surface area contributed by atoms with Crippen molar-refractivity contribution in [1.82, 2.24) is 0 Å². The van der Waals surface area contributed by atoms with Crippen LogP contribution in [0.3, 0.4) is 0 Å². The van der Waals surface area contributed by atoms with Crippen LogP contribution in [0.25, 0.3) is 0 Å². The monoisotopic (exact) mass is 416 g/mol. The molecule has 0 aromatic rings. The molecule has 4 fully saturated rings. The summed E-state index contributed by atoms with van der Waals surface area (Å²) < 4.78 is 0. The number of hydrogen-bond donors (Lipinski definition) is 2. The van der Waals surface area contributed by atoms with Crippen LogP contribution in [0.5, 0.6) is 0 Å². The molecule has 4 aliphatic carbocycles. The highest BCUT2D eigenvalue weighted by Crippen LogP contribution is 2.68. The minimum Gasteiger partial charge on any atom is -0.393 e. The number of hydrogen-bond acceptors (Lipinski definition) is 3. The summed E-state index contributed by atoms with van der Waals surface area (Å²) in [6, 6.07) is 0. The van der Waals surface area contributed by atoms with E-state index >= 15 is 0 Å². The summed E-state index contributed by atoms with van der Waals surface area (Å²) in [6.45, 7) is 10.4. The molecule has 3 heteroatoms. The largest absolute Gasteiger partial charge is 0.393 e. The van der Waals surface area contributed by atoms with Crippen LogP contribution in [-0.2, 0) is 4.79 Å². The third-order valence-corrected chi connectivity index (χ3v) is 10.5. The predicted octanol–water partition coefficient (Wildman–Crippen LogP) is 5.54. The topological polar surface area (TPSA) is 57.5 Å². The van der Waals surface area contributed by atoms with Gasteiger partial charge in [-0.1, -0.05) is 39.7 Å². The van der Waals surface area contributed by atoms with Crippen molar-refractivity contribution in [2.45, 2.75) is 104 Å². The smallest absolute Gasteiger partial charge is 0.186 e. The maximum absolute atomic E-state index is 12.2. The fourth-order valence-electron chi connectivity index (χ4n) is 8.74. The van der Waals surface area contributed by atoms with Crippen molar-refractivity contribution in [2.75, 3.05) is 0 Å². The van der Waals surface area contributed by atoms with Crippen molar-refractivity contribution < 1.29 is 15.0 Å². The molecule has 30 heavy (non-hydrogen) atoms. The number of ketones is 1. The Balaban J connectivity index is 1.54. The van der Waals surface area contributed by atoms with Crippen LogP contribution in [0.15, 0.2) is 12.2 Å². The molecule has 0 heterocycles. The van der Waals surface area contributed by atoms with E-state index in [2.05, 4.69) is 20.8 Å². The van der Waals surface area contributed by atoms with E-state index in [1.54, 1.807) is 19.9 Å². The third-order valence-electron chi connectivity index (χ3n) is 10.5. The Kier molecular flexibility index (Phi) is 5.80. The quantitative estimate of drug-likeness (QED) is 0.592. The SMILES string of the molecule is C[C@H](C=CC(=O)C(C)(C)O)[C@H]1CC[C@H]2[C@@H]3[C@H](O)CC4CCCC[C@]4(C)[C@H]3CC[C@]12C. The maximum Gasteiger partial charge on any atom is 0.186 e. The molecular formula is C27H44O3. The molecule has 0 radical (unpaired) electrons. The molecule has 170 valence electrons. The zero-order valence-electron chi connectivity index (χ0n) is 19.9. The van der Waals surface area contributed by atoms with E-state index < -0.39 is 5.60 Å². The van der Waals surface area contributed by atoms with E-state index in [0.29, 0.717) is 35.0 Å². The van der Waals surface area contributed by atoms with E-state index in [-0.39, 0.29) is 17.3 Å². The number of fused-ring (bicyclic) bond motifs is 5. The lowest BCUT2D eigenvalue weighted by atomic mass is 9.44. The average molecular weight is 417 g/mol. The highest BCUT2D eigenvalue weighted by Gasteiger charge is 2.62. The standard InChI is InChI=1S/C27H44O3/c1-17(9-12-23(29)25(2,3)30)19-10-11-20-24-21(13-15-27(19,20)5)26(4)14-7-6-8-18(26)16-22(24)28/h9,12,17-22,24,28,30H,6-8,10-11,13-16H2,1-5H3/t17-,18?,19-,20+,21+,22-,24+,26+,27-/m1/s1. The van der Waals surface area contributed by atoms with Crippen LogP contribution in [0, 0.1) is 46.3 Å². The van der Waals surface area contributed by atoms with Gasteiger partial charge in [0.05, 0.1) is 6.10 Å². The third kappa shape index (κ3) is 3.52. The minimum absolute atomic E-state index is 0.128. The number of carbonyl (C=O) groups is 1. The van der Waals surface area contributed by atoms with E-state index in [1.807, 2.05) is 6.08 Å². The highest BCUT2D eigenvalue weighted by molar-refractivity contribution is 5.96. The molecule has 0 aromatic carbocycles. The number of allylic oxidation sites excluding steroid dienone is 1. The summed E-state index contributed by atoms with van der Waals surface area (Å²) in [4.78, 5) is 12.2. The van der Waals surface area contributed by atoms with E-state index in [9.17, 15) is 15.0 Å². The summed E-state index contributed by atoms with van der Waals surface area (Å²) >= 11 is 0. The second-order valence-corrected chi connectivity index (χ2v) is 12.4. The maximum atomic E-state index is 12.2. The van der Waals surface area contributed by atoms with Crippen molar-refractivity contribution in [2.24, 2.45) is 46.3 Å². The normalized spacial score (nSPS) is 47.4. The second-order valence-electron chi connectivity index (χ2n) is 12.4. The lowest BCUT2D eigenvalue weighted by Gasteiger charge is -2.62. The summed E-state index contributed by atoms with van der Waals surface area (Å²) in [5.74, 6) is 3.14. The van der Waals surface area contributed by atoms with E-state index in [0.717, 1.165) is 12.3 Å². The van der Waals surface area contributed by atoms with E-state index in [4.69, 9.17) is 0 Å². The molecule has 0 aliphatic heterocycles. The molecule has 4 aliphatic rings. The van der Waals surface area contributed by atoms with Gasteiger partial charge in [0.1, 0.15) is 5.60 Å². The Labute approximate surface area is 183 Å². The zero-order chi connectivity index (χ0) is 21.9. The second kappa shape index (κ2) is 7.73. The molecular weight excluding hydrogens is 372 g/mol. The molecule has 0 aromatic heterocycles. The molecule has 0 spiro atoms. The van der Waals surface area contributed by atoms with Gasteiger partial charge in [-0.15, -0.1) is 0 Å². The number of aliphatic hydroxyl groups excluding tert-OH is 1. The molecule has 1 unspecified atom stereocenters. The fraction of sp³-hybridized carbons (Fsp3) is 0.889. The van der Waals surface area contributed by atoms with Crippen LogP contribution >= 0.6 is 0 Å². The first-order valence-corrected chi connectivity index (χ1v) is 12.6. The van der Waals surface area contributed by atoms with Gasteiger partial charge >= 0.3 is 0 Å². The first-order chi connectivity index (χ1) is 14.0. The molecule has 2 N–H and O–H groups in total. The zero-order valence-corrected chi connectivity index (χ0v) is 19.9. The van der Waals surface area contributed by atoms with Gasteiger partial charge in [0.15, 0.2) is 5.78 Å². The lowest BCUT2D eigenvalue weighted by Crippen LogP contribution is -2.57. The molecule has 4 saturated carbocycles. The lowest BCUT2D eigenvalue weighted by molar-refractivity contribution is -0.163. The summed E-state index contributed by atoms with van der Waals surface area (Å²) in [7, 11) is 0. The summed E-state index contributed by atoms with van der Waals surface area (Å²) in [5.41, 5.74) is -0.609. The Morgan fingerprint density at radius 1 is 1.03 bits per heavy atom. The predicted molar refractivity (Wildman–Crippen MR) is 121 cm³/mol. The van der Waals surface area contributed by atoms with Gasteiger partial charge in [-0.05, 0) is 111 Å². The molecule has 4 rings (SSSR count). The minimum atomic E-state index is -1.30. The number of aliphatic hydroxyl groups is 2. The van der Waals surface area contributed by atoms with E-state index in [1.165, 1.54) is 51.4 Å². The average Bonchev–Trinajstić information content (AvgIpc) is 3.02. The van der Waals surface area contributed by atoms with Crippen LogP contribution in [0.1, 0.15) is 92.4 Å². The molecule has 9 atom stereocenters. The Bertz CT molecular complexity index is 691. The molecule has 0 amide bonds. The molecule has 0 bridgehead atoms. The Morgan fingerprint density at radius 3 is 2.43 bits per heavy atom. The van der Waals surface area contributed by atoms with Crippen molar-refractivity contribution in [3.63, 3.8) is 0 Å². The molecule has 3 nitrogen and oxygen atoms in total. The van der Waals surface area contributed by atoms with Gasteiger partial charge in [0, 0.05) is 0 Å². The van der Waals surface area contributed by atoms with Gasteiger partial charge in [-0.2, -0.15) is 0 Å². The van der Waals surface area contributed by atoms with Crippen molar-refractivity contribution in [3.8, 4) is 0 Å². The van der Waals surface area contributed by atoms with Crippen LogP contribution in [0.4, 0.5) is 0 Å². The summed E-state index contributed by atoms with van der Waals surface area (Å²) in [6.07, 6.45) is 14.9. The Hall–Kier alpha value is -0.670.